The number of hydrogen-bond donors (Lipinski definition) is 0. The fourth-order valence-electron chi connectivity index (χ4n) is 5.12. The maximum atomic E-state index is 12.5. The van der Waals surface area contributed by atoms with Gasteiger partial charge in [-0.25, -0.2) is 0 Å². The number of hydrogen-bond acceptors (Lipinski definition) is 6. The zero-order valence-electron chi connectivity index (χ0n) is 33.3. The molecule has 294 valence electrons. The molecule has 0 radical (unpaired) electrons. The minimum Gasteiger partial charge on any atom is -0.462 e. The van der Waals surface area contributed by atoms with Crippen LogP contribution in [0.3, 0.4) is 0 Å². The van der Waals surface area contributed by atoms with Crippen LogP contribution in [0.1, 0.15) is 168 Å². The first-order valence-electron chi connectivity index (χ1n) is 20.6. The van der Waals surface area contributed by atoms with E-state index in [1.807, 2.05) is 6.08 Å². The summed E-state index contributed by atoms with van der Waals surface area (Å²) in [6, 6.07) is 0. The second kappa shape index (κ2) is 40.4. The van der Waals surface area contributed by atoms with Crippen molar-refractivity contribution in [1.82, 2.24) is 0 Å². The molecule has 0 aromatic carbocycles. The Balaban J connectivity index is 4.49. The Bertz CT molecular complexity index is 1060. The molecule has 0 amide bonds. The van der Waals surface area contributed by atoms with Gasteiger partial charge in [0.1, 0.15) is 13.2 Å². The van der Waals surface area contributed by atoms with E-state index in [9.17, 15) is 14.4 Å². The van der Waals surface area contributed by atoms with Crippen molar-refractivity contribution in [3.8, 4) is 0 Å². The summed E-state index contributed by atoms with van der Waals surface area (Å²) >= 11 is 0. The number of carbonyl (C=O) groups excluding carboxylic acids is 3. The molecule has 1 unspecified atom stereocenters. The molecule has 1 atom stereocenters. The van der Waals surface area contributed by atoms with Crippen LogP contribution in [0.4, 0.5) is 0 Å². The smallest absolute Gasteiger partial charge is 0.310 e. The minimum absolute atomic E-state index is 0.0904. The molecule has 0 aliphatic heterocycles. The van der Waals surface area contributed by atoms with Crippen molar-refractivity contribution >= 4 is 17.9 Å². The third-order valence-corrected chi connectivity index (χ3v) is 8.18. The Morgan fingerprint density at radius 1 is 0.442 bits per heavy atom. The number of allylic oxidation sites excluding steroid dienone is 13. The Morgan fingerprint density at radius 3 is 1.42 bits per heavy atom. The molecule has 6 nitrogen and oxygen atoms in total. The first kappa shape index (κ1) is 48.6. The minimum atomic E-state index is -0.845. The van der Waals surface area contributed by atoms with Gasteiger partial charge in [0.25, 0.3) is 0 Å². The summed E-state index contributed by atoms with van der Waals surface area (Å²) in [7, 11) is 0. The summed E-state index contributed by atoms with van der Waals surface area (Å²) < 4.78 is 16.4. The lowest BCUT2D eigenvalue weighted by Gasteiger charge is -2.18. The van der Waals surface area contributed by atoms with E-state index in [4.69, 9.17) is 14.2 Å². The number of carbonyl (C=O) groups is 3. The summed E-state index contributed by atoms with van der Waals surface area (Å²) in [5.41, 5.74) is 0. The highest BCUT2D eigenvalue weighted by Gasteiger charge is 2.19. The molecule has 52 heavy (non-hydrogen) atoms. The van der Waals surface area contributed by atoms with Crippen LogP contribution in [0.2, 0.25) is 0 Å². The van der Waals surface area contributed by atoms with E-state index in [0.29, 0.717) is 19.3 Å². The fourth-order valence-corrected chi connectivity index (χ4v) is 5.12. The van der Waals surface area contributed by atoms with Crippen LogP contribution in [0.25, 0.3) is 0 Å². The molecule has 0 fully saturated rings. The molecule has 0 bridgehead atoms. The molecule has 0 saturated heterocycles. The first-order valence-corrected chi connectivity index (χ1v) is 20.6. The van der Waals surface area contributed by atoms with Crippen molar-refractivity contribution in [3.63, 3.8) is 0 Å². The lowest BCUT2D eigenvalue weighted by Crippen LogP contribution is -2.30. The topological polar surface area (TPSA) is 78.9 Å². The summed E-state index contributed by atoms with van der Waals surface area (Å²) in [5, 5.41) is 0. The lowest BCUT2D eigenvalue weighted by atomic mass is 10.1. The fraction of sp³-hybridized carbons (Fsp3) is 0.630. The van der Waals surface area contributed by atoms with Gasteiger partial charge >= 0.3 is 17.9 Å². The van der Waals surface area contributed by atoms with Gasteiger partial charge in [-0.3, -0.25) is 14.4 Å². The van der Waals surface area contributed by atoms with Gasteiger partial charge in [0.2, 0.25) is 0 Å². The Hall–Kier alpha value is -3.41. The molecule has 0 saturated carbocycles. The quantitative estimate of drug-likeness (QED) is 0.0213. The molecule has 0 spiro atoms. The van der Waals surface area contributed by atoms with E-state index in [1.165, 1.54) is 44.9 Å². The van der Waals surface area contributed by atoms with Crippen molar-refractivity contribution in [2.24, 2.45) is 0 Å². The van der Waals surface area contributed by atoms with Crippen LogP contribution in [0.5, 0.6) is 0 Å². The summed E-state index contributed by atoms with van der Waals surface area (Å²) in [6.07, 6.45) is 50.5. The third-order valence-electron chi connectivity index (χ3n) is 8.18. The first-order chi connectivity index (χ1) is 25.5. The zero-order chi connectivity index (χ0) is 38.0. The second-order valence-electron chi connectivity index (χ2n) is 13.2. The molecule has 0 aromatic rings. The predicted octanol–water partition coefficient (Wildman–Crippen LogP) is 12.9. The van der Waals surface area contributed by atoms with Crippen LogP contribution in [0, 0.1) is 0 Å². The monoisotopic (exact) mass is 723 g/mol. The van der Waals surface area contributed by atoms with E-state index >= 15 is 0 Å². The highest BCUT2D eigenvalue weighted by Crippen LogP contribution is 2.10. The Labute approximate surface area is 318 Å². The largest absolute Gasteiger partial charge is 0.462 e. The molecule has 0 aliphatic rings. The molecule has 0 aliphatic carbocycles. The number of esters is 3. The summed E-state index contributed by atoms with van der Waals surface area (Å²) in [5.74, 6) is -1.14. The van der Waals surface area contributed by atoms with Crippen molar-refractivity contribution in [1.29, 1.82) is 0 Å². The molecule has 0 aromatic heterocycles. The van der Waals surface area contributed by atoms with E-state index in [0.717, 1.165) is 77.0 Å². The Kier molecular flexibility index (Phi) is 37.7. The van der Waals surface area contributed by atoms with Gasteiger partial charge in [-0.15, -0.1) is 0 Å². The second-order valence-corrected chi connectivity index (χ2v) is 13.2. The summed E-state index contributed by atoms with van der Waals surface area (Å²) in [4.78, 5) is 37.4. The molecular weight excluding hydrogens is 649 g/mol. The van der Waals surface area contributed by atoms with E-state index in [1.54, 1.807) is 6.08 Å². The SMILES string of the molecule is CC/C=C\C/C=C\C/C=C\CC(=O)OC(COC(=O)CCCC/C=C\C/C=C\CC)COC(=O)CCCCC/C=C\C=C/CCCCCCCCC. The van der Waals surface area contributed by atoms with Gasteiger partial charge in [-0.1, -0.05) is 151 Å². The van der Waals surface area contributed by atoms with Crippen molar-refractivity contribution < 1.29 is 28.6 Å². The standard InChI is InChI=1S/C46H74O6/c1-4-7-10-13-16-19-20-21-22-23-24-25-28-30-33-36-39-45(48)51-42-43(52-46(49)40-37-34-31-27-18-15-12-9-6-3)41-50-44(47)38-35-32-29-26-17-14-11-8-5-2/h8-9,11-12,17-18,22-27,34,37,43H,4-7,10,13-16,19-21,28-33,35-36,38-42H2,1-3H3/b11-8-,12-9-,23-22-,25-24-,26-17-,27-18-,37-34-. The van der Waals surface area contributed by atoms with Gasteiger partial charge < -0.3 is 14.2 Å². The zero-order valence-corrected chi connectivity index (χ0v) is 33.3. The van der Waals surface area contributed by atoms with Crippen LogP contribution in [-0.4, -0.2) is 37.2 Å². The van der Waals surface area contributed by atoms with E-state index in [-0.39, 0.29) is 31.6 Å². The third kappa shape index (κ3) is 37.8. The average molecular weight is 723 g/mol. The summed E-state index contributed by atoms with van der Waals surface area (Å²) in [6.45, 7) is 6.20. The van der Waals surface area contributed by atoms with Crippen molar-refractivity contribution in [2.75, 3.05) is 13.2 Å². The van der Waals surface area contributed by atoms with Crippen molar-refractivity contribution in [2.45, 2.75) is 175 Å². The van der Waals surface area contributed by atoms with Crippen LogP contribution in [0.15, 0.2) is 85.1 Å². The maximum absolute atomic E-state index is 12.5. The van der Waals surface area contributed by atoms with Gasteiger partial charge in [0, 0.05) is 12.8 Å². The van der Waals surface area contributed by atoms with Crippen LogP contribution >= 0.6 is 0 Å². The van der Waals surface area contributed by atoms with E-state index < -0.39 is 12.1 Å². The van der Waals surface area contributed by atoms with Crippen LogP contribution in [-0.2, 0) is 28.6 Å². The van der Waals surface area contributed by atoms with Gasteiger partial charge in [-0.05, 0) is 83.5 Å². The predicted molar refractivity (Wildman–Crippen MR) is 219 cm³/mol. The maximum Gasteiger partial charge on any atom is 0.310 e. The lowest BCUT2D eigenvalue weighted by molar-refractivity contribution is -0.166. The molecule has 0 heterocycles. The normalized spacial score (nSPS) is 12.9. The highest BCUT2D eigenvalue weighted by atomic mass is 16.6. The Morgan fingerprint density at radius 2 is 0.865 bits per heavy atom. The number of rotatable bonds is 35. The van der Waals surface area contributed by atoms with Crippen LogP contribution < -0.4 is 0 Å². The highest BCUT2D eigenvalue weighted by molar-refractivity contribution is 5.72. The van der Waals surface area contributed by atoms with Crippen molar-refractivity contribution in [3.05, 3.63) is 85.1 Å². The number of unbranched alkanes of at least 4 members (excludes halogenated alkanes) is 12. The van der Waals surface area contributed by atoms with Gasteiger partial charge in [-0.2, -0.15) is 0 Å². The number of ether oxygens (including phenoxy) is 3. The average Bonchev–Trinajstić information content (AvgIpc) is 3.14. The molecule has 6 heteroatoms. The van der Waals surface area contributed by atoms with E-state index in [2.05, 4.69) is 93.7 Å². The molecule has 0 N–H and O–H groups in total. The molecular formula is C46H74O6. The molecule has 0 rings (SSSR count). The van der Waals surface area contributed by atoms with Gasteiger partial charge in [0.05, 0.1) is 6.42 Å². The van der Waals surface area contributed by atoms with Gasteiger partial charge in [0.15, 0.2) is 6.10 Å².